The lowest BCUT2D eigenvalue weighted by Gasteiger charge is -2.16. The summed E-state index contributed by atoms with van der Waals surface area (Å²) >= 11 is 3.36. The minimum absolute atomic E-state index is 0.440. The zero-order valence-corrected chi connectivity index (χ0v) is 13.2. The lowest BCUT2D eigenvalue weighted by atomic mass is 10.2. The molecular formula is C12H19BrN2O2S. The molecule has 0 aliphatic carbocycles. The molecule has 0 radical (unpaired) electrons. The molecule has 0 aromatic heterocycles. The van der Waals surface area contributed by atoms with E-state index in [1.54, 1.807) is 13.0 Å². The predicted octanol–water partition coefficient (Wildman–Crippen LogP) is 2.50. The molecule has 4 nitrogen and oxygen atoms in total. The van der Waals surface area contributed by atoms with Crippen LogP contribution in [0, 0.1) is 6.92 Å². The van der Waals surface area contributed by atoms with Crippen LogP contribution in [0.25, 0.3) is 0 Å². The molecule has 2 N–H and O–H groups in total. The van der Waals surface area contributed by atoms with E-state index < -0.39 is 15.3 Å². The van der Waals surface area contributed by atoms with E-state index in [1.807, 2.05) is 26.0 Å². The highest BCUT2D eigenvalue weighted by atomic mass is 79.9. The van der Waals surface area contributed by atoms with Crippen molar-refractivity contribution >= 4 is 31.6 Å². The second-order valence-electron chi connectivity index (χ2n) is 4.25. The van der Waals surface area contributed by atoms with Gasteiger partial charge in [-0.25, -0.2) is 8.42 Å². The van der Waals surface area contributed by atoms with Crippen LogP contribution < -0.4 is 10.0 Å². The van der Waals surface area contributed by atoms with Gasteiger partial charge in [0.25, 0.3) is 0 Å². The molecule has 0 saturated heterocycles. The van der Waals surface area contributed by atoms with Gasteiger partial charge >= 0.3 is 0 Å². The average molecular weight is 335 g/mol. The smallest absolute Gasteiger partial charge is 0.236 e. The summed E-state index contributed by atoms with van der Waals surface area (Å²) in [6.07, 6.45) is 0. The van der Waals surface area contributed by atoms with Gasteiger partial charge in [-0.05, 0) is 54.0 Å². The van der Waals surface area contributed by atoms with Gasteiger partial charge in [-0.3, -0.25) is 4.72 Å². The van der Waals surface area contributed by atoms with Crippen LogP contribution in [0.5, 0.6) is 0 Å². The zero-order chi connectivity index (χ0) is 13.8. The van der Waals surface area contributed by atoms with E-state index in [2.05, 4.69) is 26.0 Å². The quantitative estimate of drug-likeness (QED) is 0.840. The second kappa shape index (κ2) is 6.54. The number of aryl methyl sites for hydroxylation is 1. The van der Waals surface area contributed by atoms with Gasteiger partial charge in [0.1, 0.15) is 0 Å². The monoisotopic (exact) mass is 334 g/mol. The Morgan fingerprint density at radius 1 is 1.39 bits per heavy atom. The molecule has 0 amide bonds. The van der Waals surface area contributed by atoms with E-state index in [4.69, 9.17) is 0 Å². The van der Waals surface area contributed by atoms with Crippen LogP contribution in [-0.2, 0) is 10.0 Å². The van der Waals surface area contributed by atoms with Crippen LogP contribution in [0.1, 0.15) is 19.4 Å². The Morgan fingerprint density at radius 2 is 2.06 bits per heavy atom. The Morgan fingerprint density at radius 3 is 2.61 bits per heavy atom. The van der Waals surface area contributed by atoms with Crippen molar-refractivity contribution in [1.29, 1.82) is 0 Å². The van der Waals surface area contributed by atoms with Crippen molar-refractivity contribution in [2.75, 3.05) is 17.8 Å². The Labute approximate surface area is 117 Å². The Kier molecular flexibility index (Phi) is 5.62. The molecule has 1 aromatic carbocycles. The predicted molar refractivity (Wildman–Crippen MR) is 79.4 cm³/mol. The molecule has 1 unspecified atom stereocenters. The summed E-state index contributed by atoms with van der Waals surface area (Å²) in [5.41, 5.74) is 1.65. The minimum Gasteiger partial charge on any atom is -0.316 e. The van der Waals surface area contributed by atoms with Gasteiger partial charge in [-0.15, -0.1) is 0 Å². The first-order valence-corrected chi connectivity index (χ1v) is 8.19. The molecule has 6 heteroatoms. The normalized spacial score (nSPS) is 13.3. The molecule has 0 fully saturated rings. The molecule has 102 valence electrons. The molecule has 0 aliphatic rings. The third-order valence-corrected chi connectivity index (χ3v) is 4.97. The highest BCUT2D eigenvalue weighted by molar-refractivity contribution is 9.10. The average Bonchev–Trinajstić information content (AvgIpc) is 2.29. The number of hydrogen-bond acceptors (Lipinski definition) is 3. The molecule has 0 aliphatic heterocycles. The number of hydrogen-bond donors (Lipinski definition) is 2. The van der Waals surface area contributed by atoms with Crippen LogP contribution >= 0.6 is 15.9 Å². The maximum atomic E-state index is 12.1. The second-order valence-corrected chi connectivity index (χ2v) is 7.20. The van der Waals surface area contributed by atoms with E-state index in [0.717, 1.165) is 16.6 Å². The van der Waals surface area contributed by atoms with Crippen LogP contribution in [-0.4, -0.2) is 26.8 Å². The lowest BCUT2D eigenvalue weighted by molar-refractivity contribution is 0.579. The number of anilines is 1. The summed E-state index contributed by atoms with van der Waals surface area (Å²) < 4.78 is 27.5. The van der Waals surface area contributed by atoms with E-state index in [1.165, 1.54) is 0 Å². The number of nitrogens with one attached hydrogen (secondary N) is 2. The van der Waals surface area contributed by atoms with Crippen LogP contribution in [0.15, 0.2) is 22.7 Å². The van der Waals surface area contributed by atoms with Crippen molar-refractivity contribution in [3.8, 4) is 0 Å². The molecule has 1 atom stereocenters. The van der Waals surface area contributed by atoms with E-state index in [-0.39, 0.29) is 0 Å². The Bertz CT molecular complexity index is 503. The number of rotatable bonds is 6. The first-order valence-electron chi connectivity index (χ1n) is 5.85. The van der Waals surface area contributed by atoms with E-state index in [9.17, 15) is 8.42 Å². The molecule has 0 bridgehead atoms. The highest BCUT2D eigenvalue weighted by Gasteiger charge is 2.20. The fourth-order valence-electron chi connectivity index (χ4n) is 1.41. The van der Waals surface area contributed by atoms with Gasteiger partial charge in [0.2, 0.25) is 10.0 Å². The fraction of sp³-hybridized carbons (Fsp3) is 0.500. The van der Waals surface area contributed by atoms with Crippen molar-refractivity contribution in [3.63, 3.8) is 0 Å². The molecule has 0 heterocycles. The van der Waals surface area contributed by atoms with E-state index in [0.29, 0.717) is 12.2 Å². The summed E-state index contributed by atoms with van der Waals surface area (Å²) in [7, 11) is -3.36. The van der Waals surface area contributed by atoms with Gasteiger partial charge < -0.3 is 5.32 Å². The zero-order valence-electron chi connectivity index (χ0n) is 10.8. The minimum atomic E-state index is -3.36. The maximum Gasteiger partial charge on any atom is 0.236 e. The van der Waals surface area contributed by atoms with Gasteiger partial charge in [-0.2, -0.15) is 0 Å². The first-order chi connectivity index (χ1) is 8.36. The fourth-order valence-corrected chi connectivity index (χ4v) is 3.16. The van der Waals surface area contributed by atoms with Crippen molar-refractivity contribution < 1.29 is 8.42 Å². The van der Waals surface area contributed by atoms with Gasteiger partial charge in [-0.1, -0.05) is 13.0 Å². The lowest BCUT2D eigenvalue weighted by Crippen LogP contribution is -2.34. The van der Waals surface area contributed by atoms with Gasteiger partial charge in [0.15, 0.2) is 0 Å². The number of halogens is 1. The van der Waals surface area contributed by atoms with Crippen LogP contribution in [0.4, 0.5) is 5.69 Å². The molecule has 18 heavy (non-hydrogen) atoms. The van der Waals surface area contributed by atoms with E-state index >= 15 is 0 Å². The summed E-state index contributed by atoms with van der Waals surface area (Å²) in [4.78, 5) is 0. The third-order valence-electron chi connectivity index (χ3n) is 2.59. The molecule has 0 spiro atoms. The van der Waals surface area contributed by atoms with Gasteiger partial charge in [0, 0.05) is 11.0 Å². The van der Waals surface area contributed by atoms with Crippen molar-refractivity contribution in [3.05, 3.63) is 28.2 Å². The van der Waals surface area contributed by atoms with Crippen molar-refractivity contribution in [1.82, 2.24) is 5.32 Å². The van der Waals surface area contributed by atoms with Gasteiger partial charge in [0.05, 0.1) is 10.9 Å². The first kappa shape index (κ1) is 15.5. The Balaban J connectivity index is 2.82. The number of benzene rings is 1. The summed E-state index contributed by atoms with van der Waals surface area (Å²) in [5, 5.41) is 2.55. The summed E-state index contributed by atoms with van der Waals surface area (Å²) in [6.45, 7) is 6.79. The Hall–Kier alpha value is -0.590. The van der Waals surface area contributed by atoms with Crippen molar-refractivity contribution in [2.24, 2.45) is 0 Å². The largest absolute Gasteiger partial charge is 0.316 e. The molecular weight excluding hydrogens is 316 g/mol. The van der Waals surface area contributed by atoms with Crippen LogP contribution in [0.3, 0.4) is 0 Å². The summed E-state index contributed by atoms with van der Waals surface area (Å²) in [6, 6.07) is 5.52. The maximum absolute atomic E-state index is 12.1. The standard InChI is InChI=1S/C12H19BrN2O2S/c1-4-14-8-10(3)18(16,17)15-12-6-5-9(2)7-11(12)13/h5-7,10,14-15H,4,8H2,1-3H3. The molecule has 0 saturated carbocycles. The number of sulfonamides is 1. The highest BCUT2D eigenvalue weighted by Crippen LogP contribution is 2.24. The SMILES string of the molecule is CCNCC(C)S(=O)(=O)Nc1ccc(C)cc1Br. The summed E-state index contributed by atoms with van der Waals surface area (Å²) in [5.74, 6) is 0. The molecule has 1 aromatic rings. The van der Waals surface area contributed by atoms with Crippen molar-refractivity contribution in [2.45, 2.75) is 26.0 Å². The third kappa shape index (κ3) is 4.26. The topological polar surface area (TPSA) is 58.2 Å². The molecule has 1 rings (SSSR count). The van der Waals surface area contributed by atoms with Crippen LogP contribution in [0.2, 0.25) is 0 Å².